The highest BCUT2D eigenvalue weighted by Crippen LogP contribution is 2.58. The molecule has 3 nitrogen and oxygen atoms in total. The second-order valence-electron chi connectivity index (χ2n) is 4.76. The number of aryl methyl sites for hydroxylation is 2. The Morgan fingerprint density at radius 2 is 1.29 bits per heavy atom. The van der Waals surface area contributed by atoms with Gasteiger partial charge in [0.25, 0.3) is 0 Å². The van der Waals surface area contributed by atoms with Crippen LogP contribution in [0.4, 0.5) is 0 Å². The first-order valence-electron chi connectivity index (χ1n) is 5.85. The summed E-state index contributed by atoms with van der Waals surface area (Å²) < 4.78 is 5.73. The molecule has 1 aliphatic heterocycles. The molecular weight excluding hydrogens is 212 g/mol. The van der Waals surface area contributed by atoms with Gasteiger partial charge in [0, 0.05) is 22.5 Å². The SMILES string of the molecule is Cc1ccc2c(n1)-c1nc(C)ccc1C1OC21. The third kappa shape index (κ3) is 1.20. The monoisotopic (exact) mass is 224 g/mol. The number of aromatic nitrogens is 2. The fourth-order valence-corrected chi connectivity index (χ4v) is 2.56. The van der Waals surface area contributed by atoms with Gasteiger partial charge in [-0.2, -0.15) is 0 Å². The molecule has 2 aromatic rings. The zero-order valence-electron chi connectivity index (χ0n) is 9.77. The van der Waals surface area contributed by atoms with Gasteiger partial charge in [-0.15, -0.1) is 0 Å². The molecule has 2 aliphatic rings. The average molecular weight is 224 g/mol. The van der Waals surface area contributed by atoms with Crippen LogP contribution >= 0.6 is 0 Å². The molecule has 4 rings (SSSR count). The molecule has 17 heavy (non-hydrogen) atoms. The van der Waals surface area contributed by atoms with E-state index in [1.807, 2.05) is 26.0 Å². The van der Waals surface area contributed by atoms with Gasteiger partial charge in [0.1, 0.15) is 12.2 Å². The second kappa shape index (κ2) is 2.93. The van der Waals surface area contributed by atoms with Crippen molar-refractivity contribution in [2.24, 2.45) is 0 Å². The molecule has 3 heterocycles. The minimum absolute atomic E-state index is 0.204. The van der Waals surface area contributed by atoms with E-state index in [-0.39, 0.29) is 12.2 Å². The topological polar surface area (TPSA) is 38.3 Å². The van der Waals surface area contributed by atoms with Crippen LogP contribution in [0.15, 0.2) is 24.3 Å². The lowest BCUT2D eigenvalue weighted by Crippen LogP contribution is -2.05. The molecule has 0 bridgehead atoms. The quantitative estimate of drug-likeness (QED) is 0.646. The Hall–Kier alpha value is -1.74. The van der Waals surface area contributed by atoms with Crippen LogP contribution in [0, 0.1) is 13.8 Å². The summed E-state index contributed by atoms with van der Waals surface area (Å²) in [7, 11) is 0. The zero-order valence-corrected chi connectivity index (χ0v) is 9.77. The standard InChI is InChI=1S/C14H12N2O/c1-7-3-5-9-11(15-7)12-10(14-13(9)17-14)6-4-8(2)16-12/h3-6,13-14H,1-2H3. The van der Waals surface area contributed by atoms with Crippen LogP contribution in [-0.2, 0) is 4.74 Å². The van der Waals surface area contributed by atoms with E-state index in [1.165, 1.54) is 11.1 Å². The molecule has 1 saturated heterocycles. The van der Waals surface area contributed by atoms with Crippen LogP contribution < -0.4 is 0 Å². The molecule has 3 heteroatoms. The third-order valence-corrected chi connectivity index (χ3v) is 3.46. The predicted octanol–water partition coefficient (Wildman–Crippen LogP) is 2.89. The average Bonchev–Trinajstić information content (AvgIpc) is 3.09. The number of fused-ring (bicyclic) bond motifs is 6. The van der Waals surface area contributed by atoms with Crippen LogP contribution in [0.3, 0.4) is 0 Å². The fraction of sp³-hybridized carbons (Fsp3) is 0.286. The summed E-state index contributed by atoms with van der Waals surface area (Å²) in [5, 5.41) is 0. The molecule has 2 aromatic heterocycles. The van der Waals surface area contributed by atoms with Crippen molar-refractivity contribution in [3.63, 3.8) is 0 Å². The summed E-state index contributed by atoms with van der Waals surface area (Å²) in [5.74, 6) is 0. The molecule has 0 spiro atoms. The largest absolute Gasteiger partial charge is 0.359 e. The molecule has 2 atom stereocenters. The van der Waals surface area contributed by atoms with E-state index in [4.69, 9.17) is 4.74 Å². The van der Waals surface area contributed by atoms with E-state index in [0.29, 0.717) is 0 Å². The molecule has 1 aliphatic carbocycles. The van der Waals surface area contributed by atoms with Gasteiger partial charge >= 0.3 is 0 Å². The van der Waals surface area contributed by atoms with Crippen molar-refractivity contribution in [3.8, 4) is 11.4 Å². The van der Waals surface area contributed by atoms with Gasteiger partial charge in [0.2, 0.25) is 0 Å². The zero-order chi connectivity index (χ0) is 11.6. The maximum Gasteiger partial charge on any atom is 0.116 e. The Morgan fingerprint density at radius 1 is 0.824 bits per heavy atom. The first kappa shape index (κ1) is 9.31. The van der Waals surface area contributed by atoms with Crippen molar-refractivity contribution >= 4 is 0 Å². The van der Waals surface area contributed by atoms with Gasteiger partial charge in [0.05, 0.1) is 11.4 Å². The van der Waals surface area contributed by atoms with E-state index in [1.54, 1.807) is 0 Å². The van der Waals surface area contributed by atoms with Gasteiger partial charge in [-0.3, -0.25) is 9.97 Å². The van der Waals surface area contributed by atoms with Gasteiger partial charge in [-0.1, -0.05) is 12.1 Å². The number of hydrogen-bond acceptors (Lipinski definition) is 3. The maximum absolute atomic E-state index is 5.73. The highest BCUT2D eigenvalue weighted by Gasteiger charge is 2.48. The van der Waals surface area contributed by atoms with E-state index in [2.05, 4.69) is 22.1 Å². The van der Waals surface area contributed by atoms with E-state index in [9.17, 15) is 0 Å². The van der Waals surface area contributed by atoms with Crippen molar-refractivity contribution in [2.75, 3.05) is 0 Å². The molecule has 0 amide bonds. The first-order valence-corrected chi connectivity index (χ1v) is 5.85. The first-order chi connectivity index (χ1) is 8.24. The van der Waals surface area contributed by atoms with Gasteiger partial charge in [0.15, 0.2) is 0 Å². The van der Waals surface area contributed by atoms with Crippen molar-refractivity contribution in [1.29, 1.82) is 0 Å². The summed E-state index contributed by atoms with van der Waals surface area (Å²) in [6, 6.07) is 8.32. The maximum atomic E-state index is 5.73. The molecule has 0 saturated carbocycles. The molecule has 0 N–H and O–H groups in total. The van der Waals surface area contributed by atoms with Gasteiger partial charge in [-0.05, 0) is 26.0 Å². The number of rotatable bonds is 0. The summed E-state index contributed by atoms with van der Waals surface area (Å²) in [5.41, 5.74) is 6.43. The Kier molecular flexibility index (Phi) is 1.60. The molecule has 0 aromatic carbocycles. The molecule has 0 radical (unpaired) electrons. The second-order valence-corrected chi connectivity index (χ2v) is 4.76. The third-order valence-electron chi connectivity index (χ3n) is 3.46. The van der Waals surface area contributed by atoms with Crippen LogP contribution in [0.1, 0.15) is 34.7 Å². The van der Waals surface area contributed by atoms with Crippen molar-refractivity contribution < 1.29 is 4.74 Å². The van der Waals surface area contributed by atoms with Crippen molar-refractivity contribution in [1.82, 2.24) is 9.97 Å². The lowest BCUT2D eigenvalue weighted by molar-refractivity contribution is 0.380. The molecule has 1 fully saturated rings. The predicted molar refractivity (Wildman–Crippen MR) is 63.5 cm³/mol. The number of nitrogens with zero attached hydrogens (tertiary/aromatic N) is 2. The molecule has 2 unspecified atom stereocenters. The Balaban J connectivity index is 2.06. The number of epoxide rings is 1. The van der Waals surface area contributed by atoms with Crippen LogP contribution in [0.2, 0.25) is 0 Å². The number of hydrogen-bond donors (Lipinski definition) is 0. The lowest BCUT2D eigenvalue weighted by atomic mass is 9.92. The van der Waals surface area contributed by atoms with Crippen LogP contribution in [0.25, 0.3) is 11.4 Å². The highest BCUT2D eigenvalue weighted by molar-refractivity contribution is 5.69. The lowest BCUT2D eigenvalue weighted by Gasteiger charge is -2.15. The summed E-state index contributed by atoms with van der Waals surface area (Å²) >= 11 is 0. The summed E-state index contributed by atoms with van der Waals surface area (Å²) in [6.07, 6.45) is 0.408. The molecule has 84 valence electrons. The van der Waals surface area contributed by atoms with Crippen LogP contribution in [-0.4, -0.2) is 9.97 Å². The Labute approximate surface area is 99.5 Å². The Morgan fingerprint density at radius 3 is 1.76 bits per heavy atom. The van der Waals surface area contributed by atoms with E-state index in [0.717, 1.165) is 22.8 Å². The molecular formula is C14H12N2O. The summed E-state index contributed by atoms with van der Waals surface area (Å²) in [6.45, 7) is 4.02. The highest BCUT2D eigenvalue weighted by atomic mass is 16.6. The van der Waals surface area contributed by atoms with Gasteiger partial charge in [-0.25, -0.2) is 0 Å². The number of pyridine rings is 2. The van der Waals surface area contributed by atoms with Gasteiger partial charge < -0.3 is 4.74 Å². The summed E-state index contributed by atoms with van der Waals surface area (Å²) in [4.78, 5) is 9.26. The fourth-order valence-electron chi connectivity index (χ4n) is 2.56. The van der Waals surface area contributed by atoms with Crippen molar-refractivity contribution in [3.05, 3.63) is 46.8 Å². The minimum Gasteiger partial charge on any atom is -0.359 e. The van der Waals surface area contributed by atoms with E-state index >= 15 is 0 Å². The normalized spacial score (nSPS) is 23.6. The van der Waals surface area contributed by atoms with Crippen molar-refractivity contribution in [2.45, 2.75) is 26.1 Å². The van der Waals surface area contributed by atoms with Crippen LogP contribution in [0.5, 0.6) is 0 Å². The minimum atomic E-state index is 0.204. The Bertz CT molecular complexity index is 581. The van der Waals surface area contributed by atoms with E-state index < -0.39 is 0 Å². The smallest absolute Gasteiger partial charge is 0.116 e. The number of ether oxygens (including phenoxy) is 1.